The van der Waals surface area contributed by atoms with E-state index in [1.807, 2.05) is 20.8 Å². The Morgan fingerprint density at radius 3 is 1.00 bits per heavy atom. The van der Waals surface area contributed by atoms with Crippen molar-refractivity contribution in [1.29, 1.82) is 0 Å². The first-order valence-corrected chi connectivity index (χ1v) is 19.3. The van der Waals surface area contributed by atoms with Gasteiger partial charge in [0.25, 0.3) is 0 Å². The molecule has 0 aromatic rings. The maximum Gasteiger partial charge on any atom is 0.410 e. The minimum absolute atomic E-state index is 0.354. The van der Waals surface area contributed by atoms with Crippen LogP contribution in [0.25, 0.3) is 0 Å². The number of hydrogen-bond acceptors (Lipinski definition) is 9. The molecule has 0 radical (unpaired) electrons. The van der Waals surface area contributed by atoms with E-state index in [0.717, 1.165) is 13.0 Å². The average Bonchev–Trinajstić information content (AvgIpc) is 3.05. The second-order valence-corrected chi connectivity index (χ2v) is 13.5. The van der Waals surface area contributed by atoms with E-state index in [1.165, 1.54) is 101 Å². The van der Waals surface area contributed by atoms with Gasteiger partial charge in [0, 0.05) is 20.2 Å². The van der Waals surface area contributed by atoms with Gasteiger partial charge >= 0.3 is 6.09 Å². The van der Waals surface area contributed by atoms with Gasteiger partial charge in [-0.3, -0.25) is 0 Å². The Labute approximate surface area is 295 Å². The Kier molecular flexibility index (Phi) is 36.5. The molecule has 0 fully saturated rings. The molecule has 0 atom stereocenters. The van der Waals surface area contributed by atoms with Crippen molar-refractivity contribution in [3.63, 3.8) is 0 Å². The van der Waals surface area contributed by atoms with E-state index in [-0.39, 0.29) is 6.09 Å². The highest BCUT2D eigenvalue weighted by atomic mass is 16.6. The highest BCUT2D eigenvalue weighted by molar-refractivity contribution is 5.67. The molecule has 0 saturated carbocycles. The summed E-state index contributed by atoms with van der Waals surface area (Å²) in [4.78, 5) is 13.4. The number of carbonyl (C=O) groups is 1. The average molecular weight is 692 g/mol. The van der Waals surface area contributed by atoms with Crippen molar-refractivity contribution < 1.29 is 42.7 Å². The summed E-state index contributed by atoms with van der Waals surface area (Å²) < 4.78 is 44.1. The predicted molar refractivity (Wildman–Crippen MR) is 194 cm³/mol. The summed E-state index contributed by atoms with van der Waals surface area (Å²) in [7, 11) is 1.69. The smallest absolute Gasteiger partial charge is 0.410 e. The number of amides is 1. The number of hydrogen-bond donors (Lipinski definition) is 0. The van der Waals surface area contributed by atoms with Gasteiger partial charge in [-0.25, -0.2) is 4.79 Å². The molecule has 0 aliphatic carbocycles. The van der Waals surface area contributed by atoms with Crippen molar-refractivity contribution >= 4 is 6.09 Å². The molecule has 48 heavy (non-hydrogen) atoms. The number of unbranched alkanes of at least 4 members (excludes halogenated alkanes) is 15. The van der Waals surface area contributed by atoms with Crippen molar-refractivity contribution in [1.82, 2.24) is 4.90 Å². The van der Waals surface area contributed by atoms with E-state index in [4.69, 9.17) is 37.9 Å². The van der Waals surface area contributed by atoms with Crippen LogP contribution >= 0.6 is 0 Å². The Morgan fingerprint density at radius 1 is 0.417 bits per heavy atom. The van der Waals surface area contributed by atoms with Crippen molar-refractivity contribution in [3.8, 4) is 0 Å². The van der Waals surface area contributed by atoms with Crippen LogP contribution in [0.15, 0.2) is 0 Å². The van der Waals surface area contributed by atoms with Crippen LogP contribution in [0.1, 0.15) is 130 Å². The van der Waals surface area contributed by atoms with Crippen LogP contribution in [0, 0.1) is 0 Å². The summed E-state index contributed by atoms with van der Waals surface area (Å²) in [5.74, 6) is 0. The Hall–Kier alpha value is -1.01. The lowest BCUT2D eigenvalue weighted by molar-refractivity contribution is -0.0213. The van der Waals surface area contributed by atoms with Gasteiger partial charge in [0.05, 0.1) is 85.9 Å². The van der Waals surface area contributed by atoms with Gasteiger partial charge in [0.15, 0.2) is 0 Å². The zero-order chi connectivity index (χ0) is 35.2. The van der Waals surface area contributed by atoms with Crippen LogP contribution in [0.5, 0.6) is 0 Å². The van der Waals surface area contributed by atoms with E-state index in [1.54, 1.807) is 7.05 Å². The Balaban J connectivity index is 3.13. The second-order valence-electron chi connectivity index (χ2n) is 13.5. The van der Waals surface area contributed by atoms with Gasteiger partial charge in [-0.15, -0.1) is 0 Å². The molecule has 0 heterocycles. The molecule has 10 nitrogen and oxygen atoms in total. The van der Waals surface area contributed by atoms with Gasteiger partial charge in [0.1, 0.15) is 5.60 Å². The van der Waals surface area contributed by atoms with Crippen LogP contribution < -0.4 is 0 Å². The predicted octanol–water partition coefficient (Wildman–Crippen LogP) is 8.23. The number of ether oxygens (including phenoxy) is 8. The van der Waals surface area contributed by atoms with Gasteiger partial charge in [0.2, 0.25) is 0 Å². The molecule has 288 valence electrons. The maximum absolute atomic E-state index is 11.9. The summed E-state index contributed by atoms with van der Waals surface area (Å²) in [6.07, 6.45) is 21.8. The number of likely N-dealkylation sites (N-methyl/N-ethyl adjacent to an activating group) is 1. The third kappa shape index (κ3) is 39.4. The lowest BCUT2D eigenvalue weighted by Gasteiger charge is -2.24. The van der Waals surface area contributed by atoms with Crippen LogP contribution in [-0.2, 0) is 37.9 Å². The van der Waals surface area contributed by atoms with E-state index >= 15 is 0 Å². The number of nitrogens with zero attached hydrogens (tertiary/aromatic N) is 1. The summed E-state index contributed by atoms with van der Waals surface area (Å²) in [6.45, 7) is 16.0. The zero-order valence-electron chi connectivity index (χ0n) is 32.0. The molecule has 0 aliphatic rings. The zero-order valence-corrected chi connectivity index (χ0v) is 32.0. The van der Waals surface area contributed by atoms with Crippen molar-refractivity contribution in [3.05, 3.63) is 0 Å². The summed E-state index contributed by atoms with van der Waals surface area (Å²) >= 11 is 0. The molecule has 0 rings (SSSR count). The van der Waals surface area contributed by atoms with Crippen LogP contribution in [0.3, 0.4) is 0 Å². The van der Waals surface area contributed by atoms with E-state index in [9.17, 15) is 4.79 Å². The monoisotopic (exact) mass is 692 g/mol. The van der Waals surface area contributed by atoms with Crippen molar-refractivity contribution in [2.45, 2.75) is 136 Å². The molecule has 1 amide bonds. The molecule has 10 heteroatoms. The first kappa shape index (κ1) is 47.0. The number of rotatable bonds is 38. The molecule has 0 aromatic heterocycles. The standard InChI is InChI=1S/C38H77NO9/c1-6-7-8-9-10-11-12-13-14-15-16-17-18-19-20-21-23-41-25-27-43-29-31-45-33-35-47-36-34-46-32-30-44-28-26-42-24-22-39(5)37(40)48-38(2,3)4/h6-36H2,1-5H3. The highest BCUT2D eigenvalue weighted by Gasteiger charge is 2.19. The molecular formula is C38H77NO9. The fraction of sp³-hybridized carbons (Fsp3) is 0.974. The van der Waals surface area contributed by atoms with Gasteiger partial charge in [-0.1, -0.05) is 103 Å². The molecule has 0 unspecified atom stereocenters. The van der Waals surface area contributed by atoms with Crippen molar-refractivity contribution in [2.24, 2.45) is 0 Å². The quantitative estimate of drug-likeness (QED) is 0.0594. The Morgan fingerprint density at radius 2 is 0.688 bits per heavy atom. The largest absolute Gasteiger partial charge is 0.444 e. The van der Waals surface area contributed by atoms with Crippen LogP contribution in [0.4, 0.5) is 4.79 Å². The van der Waals surface area contributed by atoms with E-state index in [2.05, 4.69) is 6.92 Å². The lowest BCUT2D eigenvalue weighted by Crippen LogP contribution is -2.36. The number of carbonyl (C=O) groups excluding carboxylic acids is 1. The van der Waals surface area contributed by atoms with Crippen molar-refractivity contribution in [2.75, 3.05) is 106 Å². The third-order valence-corrected chi connectivity index (χ3v) is 7.65. The van der Waals surface area contributed by atoms with E-state index in [0.29, 0.717) is 92.4 Å². The van der Waals surface area contributed by atoms with Gasteiger partial charge < -0.3 is 42.8 Å². The molecule has 0 N–H and O–H groups in total. The van der Waals surface area contributed by atoms with Crippen LogP contribution in [0.2, 0.25) is 0 Å². The Bertz CT molecular complexity index is 648. The van der Waals surface area contributed by atoms with Gasteiger partial charge in [-0.2, -0.15) is 0 Å². The topological polar surface area (TPSA) is 94.2 Å². The summed E-state index contributed by atoms with van der Waals surface area (Å²) in [6, 6.07) is 0. The first-order valence-electron chi connectivity index (χ1n) is 19.3. The second kappa shape index (κ2) is 37.3. The molecule has 0 bridgehead atoms. The third-order valence-electron chi connectivity index (χ3n) is 7.65. The first-order chi connectivity index (χ1) is 23.4. The molecular weight excluding hydrogens is 614 g/mol. The normalized spacial score (nSPS) is 11.8. The minimum atomic E-state index is -0.501. The highest BCUT2D eigenvalue weighted by Crippen LogP contribution is 2.14. The lowest BCUT2D eigenvalue weighted by atomic mass is 10.0. The molecule has 0 spiro atoms. The summed E-state index contributed by atoms with van der Waals surface area (Å²) in [5.41, 5.74) is -0.501. The maximum atomic E-state index is 11.9. The van der Waals surface area contributed by atoms with E-state index < -0.39 is 5.60 Å². The minimum Gasteiger partial charge on any atom is -0.444 e. The molecule has 0 saturated heterocycles. The fourth-order valence-corrected chi connectivity index (χ4v) is 4.81. The van der Waals surface area contributed by atoms with Gasteiger partial charge in [-0.05, 0) is 27.2 Å². The SMILES string of the molecule is CCCCCCCCCCCCCCCCCCOCCOCCOCCOCCOCCOCCOCCN(C)C(=O)OC(C)(C)C. The summed E-state index contributed by atoms with van der Waals surface area (Å²) in [5, 5.41) is 0. The molecule has 0 aliphatic heterocycles. The molecule has 0 aromatic carbocycles. The fourth-order valence-electron chi connectivity index (χ4n) is 4.81. The van der Waals surface area contributed by atoms with Crippen LogP contribution in [-0.4, -0.2) is 123 Å².